The number of hydrogen-bond donors (Lipinski definition) is 4. The monoisotopic (exact) mass is 1070 g/mol. The third-order valence-corrected chi connectivity index (χ3v) is 16.5. The summed E-state index contributed by atoms with van der Waals surface area (Å²) >= 11 is 0. The number of nitrogens with one attached hydrogen (secondary N) is 4. The molecule has 4 heterocycles. The molecule has 422 valence electrons. The lowest BCUT2D eigenvalue weighted by molar-refractivity contribution is -0.141. The van der Waals surface area contributed by atoms with Gasteiger partial charge in [-0.2, -0.15) is 0 Å². The molecule has 2 aromatic carbocycles. The maximum atomic E-state index is 14.6. The van der Waals surface area contributed by atoms with Crippen LogP contribution in [0.2, 0.25) is 0 Å². The van der Waals surface area contributed by atoms with Gasteiger partial charge in [-0.1, -0.05) is 125 Å². The summed E-state index contributed by atoms with van der Waals surface area (Å²) < 4.78 is 12.3. The predicted molar refractivity (Wildman–Crippen MR) is 311 cm³/mol. The Kier molecular flexibility index (Phi) is 23.3. The molecule has 78 heavy (non-hydrogen) atoms. The molecule has 6 rings (SSSR count). The highest BCUT2D eigenvalue weighted by Crippen LogP contribution is 2.36. The molecule has 0 aromatic heterocycles. The highest BCUT2D eigenvalue weighted by atomic mass is 16.5. The Hall–Kier alpha value is -6.16. The number of allylic oxidation sites excluding steroid dienone is 6. The van der Waals surface area contributed by atoms with E-state index in [0.29, 0.717) is 26.2 Å². The molecular formula is C64H90N8O6. The average molecular weight is 1070 g/mol. The van der Waals surface area contributed by atoms with Crippen molar-refractivity contribution in [2.45, 2.75) is 168 Å². The number of nitrogens with zero attached hydrogens (tertiary/aromatic N) is 4. The second-order valence-corrected chi connectivity index (χ2v) is 22.4. The van der Waals surface area contributed by atoms with Crippen molar-refractivity contribution < 1.29 is 28.7 Å². The minimum atomic E-state index is -0.945. The van der Waals surface area contributed by atoms with Crippen molar-refractivity contribution in [1.29, 1.82) is 0 Å². The highest BCUT2D eigenvalue weighted by Gasteiger charge is 2.40. The number of amides is 4. The molecule has 2 fully saturated rings. The summed E-state index contributed by atoms with van der Waals surface area (Å²) in [5, 5.41) is 12.0. The van der Waals surface area contributed by atoms with Crippen LogP contribution in [0.25, 0.3) is 0 Å². The number of carbonyl (C=O) groups excluding carboxylic acids is 4. The van der Waals surface area contributed by atoms with Crippen molar-refractivity contribution in [3.8, 4) is 23.7 Å². The Morgan fingerprint density at radius 1 is 0.615 bits per heavy atom. The van der Waals surface area contributed by atoms with E-state index in [-0.39, 0.29) is 59.8 Å². The van der Waals surface area contributed by atoms with Gasteiger partial charge in [0, 0.05) is 62.5 Å². The van der Waals surface area contributed by atoms with Crippen LogP contribution in [0.3, 0.4) is 0 Å². The molecule has 0 bridgehead atoms. The van der Waals surface area contributed by atoms with Crippen LogP contribution in [0.1, 0.15) is 118 Å². The van der Waals surface area contributed by atoms with Crippen molar-refractivity contribution in [2.24, 2.45) is 10.8 Å². The molecule has 0 aliphatic carbocycles. The largest absolute Gasteiger partial charge is 0.363 e. The minimum absolute atomic E-state index is 0.0260. The molecule has 4 amide bonds. The first-order valence-electron chi connectivity index (χ1n) is 28.6. The zero-order valence-corrected chi connectivity index (χ0v) is 48.4. The molecule has 4 aliphatic heterocycles. The molecule has 14 heteroatoms. The van der Waals surface area contributed by atoms with Crippen LogP contribution in [-0.2, 0) is 41.5 Å². The van der Waals surface area contributed by atoms with Gasteiger partial charge in [0.05, 0.1) is 24.3 Å². The van der Waals surface area contributed by atoms with Crippen LogP contribution in [0.4, 0.5) is 0 Å². The lowest BCUT2D eigenvalue weighted by atomic mass is 9.83. The summed E-state index contributed by atoms with van der Waals surface area (Å²) in [7, 11) is 3.42. The molecule has 2 aromatic rings. The molecule has 2 saturated heterocycles. The molecule has 4 aliphatic rings. The number of likely N-dealkylation sites (N-methyl/N-ethyl adjacent to an activating group) is 2. The molecule has 14 nitrogen and oxygen atoms in total. The van der Waals surface area contributed by atoms with Crippen molar-refractivity contribution in [3.63, 3.8) is 0 Å². The van der Waals surface area contributed by atoms with Crippen LogP contribution in [0, 0.1) is 34.5 Å². The van der Waals surface area contributed by atoms with Crippen LogP contribution < -0.4 is 21.3 Å². The molecule has 10 atom stereocenters. The van der Waals surface area contributed by atoms with Crippen LogP contribution in [-0.4, -0.2) is 145 Å². The maximum Gasteiger partial charge on any atom is 0.248 e. The smallest absolute Gasteiger partial charge is 0.248 e. The van der Waals surface area contributed by atoms with E-state index < -0.39 is 36.4 Å². The third kappa shape index (κ3) is 17.2. The van der Waals surface area contributed by atoms with Gasteiger partial charge in [0.2, 0.25) is 23.6 Å². The normalized spacial score (nSPS) is 23.5. The summed E-state index contributed by atoms with van der Waals surface area (Å²) in [6, 6.07) is 17.9. The number of hydrogen-bond acceptors (Lipinski definition) is 10. The number of benzene rings is 2. The fourth-order valence-corrected chi connectivity index (χ4v) is 10.7. The molecular weight excluding hydrogens is 977 g/mol. The Bertz CT molecular complexity index is 2390. The standard InChI is InChI=1S/C64H90N8O6/c1-11-63(7)33-25-35-69(55(43-63)41-51-27-17-15-18-28-51)45-53-31-23-37-71(53)61(75)57(67-59(73)47(3)65-9)49(5)77-39-21-13-14-22-40-78-50(6)58(68-60(74)48(4)66-10)62(76)72-38-24-32-54(72)46-70-36-26-34-64(8,12-2)44-56(70)42-52-29-19-16-20-30-52/h15-20,25-30,35-36,43-44,47-50,53-54,57-58,65-66H,11-12,23-24,31-34,37-42,45-46H2,1-10H3,(H,67,73)(H,68,74). The Morgan fingerprint density at radius 2 is 1.00 bits per heavy atom. The lowest BCUT2D eigenvalue weighted by Gasteiger charge is -2.35. The van der Waals surface area contributed by atoms with Crippen LogP contribution in [0.15, 0.2) is 109 Å². The summed E-state index contributed by atoms with van der Waals surface area (Å²) in [5.41, 5.74) is 4.97. The zero-order valence-electron chi connectivity index (χ0n) is 48.4. The van der Waals surface area contributed by atoms with E-state index in [1.54, 1.807) is 41.8 Å². The average Bonchev–Trinajstić information content (AvgIpc) is 4.08. The Balaban J connectivity index is 1.08. The fourth-order valence-electron chi connectivity index (χ4n) is 10.7. The van der Waals surface area contributed by atoms with Gasteiger partial charge in [0.25, 0.3) is 0 Å². The van der Waals surface area contributed by atoms with Crippen molar-refractivity contribution in [2.75, 3.05) is 53.5 Å². The summed E-state index contributed by atoms with van der Waals surface area (Å²) in [6.45, 7) is 18.6. The summed E-state index contributed by atoms with van der Waals surface area (Å²) in [6.07, 6.45) is 21.2. The van der Waals surface area contributed by atoms with E-state index in [4.69, 9.17) is 9.47 Å². The molecule has 0 radical (unpaired) electrons. The molecule has 0 spiro atoms. The first-order chi connectivity index (χ1) is 37.5. The Labute approximate surface area is 467 Å². The van der Waals surface area contributed by atoms with Crippen LogP contribution >= 0.6 is 0 Å². The van der Waals surface area contributed by atoms with E-state index in [2.05, 4.69) is 168 Å². The maximum absolute atomic E-state index is 14.6. The van der Waals surface area contributed by atoms with Gasteiger partial charge < -0.3 is 50.3 Å². The number of ether oxygens (including phenoxy) is 2. The van der Waals surface area contributed by atoms with Gasteiger partial charge >= 0.3 is 0 Å². The second kappa shape index (κ2) is 29.7. The van der Waals surface area contributed by atoms with E-state index in [1.165, 1.54) is 22.5 Å². The van der Waals surface area contributed by atoms with Gasteiger partial charge in [0.1, 0.15) is 25.3 Å². The van der Waals surface area contributed by atoms with Gasteiger partial charge in [-0.3, -0.25) is 19.2 Å². The first kappa shape index (κ1) is 61.1. The SMILES string of the molecule is CCC1(C)C=C(Cc2ccccc2)N(CC2CCCN2C(=O)C(NC(=O)C(C)NC)C(C)OCC#CC#CCOC(C)C(NC(=O)C(C)NC)C(=O)N2CCCC2CN2C=CCC(C)(CC)C=C2Cc2ccccc2)C=CC1. The third-order valence-electron chi connectivity index (χ3n) is 16.5. The minimum Gasteiger partial charge on any atom is -0.363 e. The number of likely N-dealkylation sites (tertiary alicyclic amines) is 2. The lowest BCUT2D eigenvalue weighted by Crippen LogP contribution is -2.58. The van der Waals surface area contributed by atoms with Crippen molar-refractivity contribution in [1.82, 2.24) is 40.9 Å². The summed E-state index contributed by atoms with van der Waals surface area (Å²) in [4.78, 5) is 64.5. The molecule has 10 unspecified atom stereocenters. The van der Waals surface area contributed by atoms with Gasteiger partial charge in [-0.25, -0.2) is 0 Å². The van der Waals surface area contributed by atoms with E-state index >= 15 is 0 Å². The van der Waals surface area contributed by atoms with Gasteiger partial charge in [-0.15, -0.1) is 0 Å². The first-order valence-corrected chi connectivity index (χ1v) is 28.6. The van der Waals surface area contributed by atoms with Crippen molar-refractivity contribution in [3.05, 3.63) is 120 Å². The number of carbonyl (C=O) groups is 4. The molecule has 4 N–H and O–H groups in total. The quantitative estimate of drug-likeness (QED) is 0.0780. The zero-order chi connectivity index (χ0) is 56.2. The van der Waals surface area contributed by atoms with E-state index in [1.807, 2.05) is 21.9 Å². The predicted octanol–water partition coefficient (Wildman–Crippen LogP) is 7.50. The topological polar surface area (TPSA) is 148 Å². The van der Waals surface area contributed by atoms with Gasteiger partial charge in [-0.05, 0) is 139 Å². The highest BCUT2D eigenvalue weighted by molar-refractivity contribution is 5.91. The van der Waals surface area contributed by atoms with Crippen LogP contribution in [0.5, 0.6) is 0 Å². The number of rotatable bonds is 24. The fraction of sp³-hybridized carbons (Fsp3) is 0.562. The van der Waals surface area contributed by atoms with E-state index in [9.17, 15) is 19.2 Å². The van der Waals surface area contributed by atoms with E-state index in [0.717, 1.165) is 64.2 Å². The second-order valence-electron chi connectivity index (χ2n) is 22.4. The van der Waals surface area contributed by atoms with Crippen molar-refractivity contribution >= 4 is 23.6 Å². The Morgan fingerprint density at radius 3 is 1.36 bits per heavy atom. The van der Waals surface area contributed by atoms with Gasteiger partial charge in [0.15, 0.2) is 0 Å². The molecule has 0 saturated carbocycles. The summed E-state index contributed by atoms with van der Waals surface area (Å²) in [5.74, 6) is 10.6.